The highest BCUT2D eigenvalue weighted by Crippen LogP contribution is 2.31. The lowest BCUT2D eigenvalue weighted by Gasteiger charge is -2.36. The topological polar surface area (TPSA) is 49.3 Å². The lowest BCUT2D eigenvalue weighted by atomic mass is 10.1. The maximum absolute atomic E-state index is 13.1. The molecule has 5 rings (SSSR count). The minimum Gasteiger partial charge on any atom is -0.352 e. The second-order valence-electron chi connectivity index (χ2n) is 9.28. The van der Waals surface area contributed by atoms with Crippen LogP contribution in [0.4, 0.5) is 19.0 Å². The molecule has 2 heterocycles. The van der Waals surface area contributed by atoms with E-state index in [2.05, 4.69) is 17.0 Å². The summed E-state index contributed by atoms with van der Waals surface area (Å²) >= 11 is 0. The first-order chi connectivity index (χ1) is 17.8. The molecule has 0 radical (unpaired) electrons. The van der Waals surface area contributed by atoms with Gasteiger partial charge in [0.25, 0.3) is 5.91 Å². The van der Waals surface area contributed by atoms with Crippen molar-refractivity contribution >= 4 is 22.6 Å². The van der Waals surface area contributed by atoms with Crippen molar-refractivity contribution in [2.45, 2.75) is 25.9 Å². The zero-order chi connectivity index (χ0) is 26.0. The van der Waals surface area contributed by atoms with E-state index in [9.17, 15) is 18.0 Å². The largest absolute Gasteiger partial charge is 0.416 e. The molecule has 3 aromatic carbocycles. The lowest BCUT2D eigenvalue weighted by Crippen LogP contribution is -2.49. The van der Waals surface area contributed by atoms with E-state index >= 15 is 0 Å². The summed E-state index contributed by atoms with van der Waals surface area (Å²) in [4.78, 5) is 26.5. The van der Waals surface area contributed by atoms with Crippen molar-refractivity contribution in [3.63, 3.8) is 0 Å². The van der Waals surface area contributed by atoms with Crippen molar-refractivity contribution in [2.24, 2.45) is 0 Å². The Balaban J connectivity index is 1.35. The first-order valence-electron chi connectivity index (χ1n) is 12.3. The van der Waals surface area contributed by atoms with Crippen molar-refractivity contribution in [3.8, 4) is 0 Å². The lowest BCUT2D eigenvalue weighted by molar-refractivity contribution is -0.137. The molecule has 0 aliphatic carbocycles. The van der Waals surface area contributed by atoms with Gasteiger partial charge in [-0.3, -0.25) is 4.79 Å². The predicted molar refractivity (Wildman–Crippen MR) is 138 cm³/mol. The van der Waals surface area contributed by atoms with Crippen LogP contribution in [0.2, 0.25) is 0 Å². The SMILES string of the molecule is Cc1cccc2nc(CCc3ccccc3)nc(N3CCN(C(=O)c4cccc(C(F)(F)F)c4)CC3)c12. The summed E-state index contributed by atoms with van der Waals surface area (Å²) < 4.78 is 39.3. The molecule has 0 N–H and O–H groups in total. The maximum atomic E-state index is 13.1. The quantitative estimate of drug-likeness (QED) is 0.350. The molecule has 1 aliphatic heterocycles. The number of anilines is 1. The third-order valence-corrected chi connectivity index (χ3v) is 6.74. The molecule has 1 aromatic heterocycles. The van der Waals surface area contributed by atoms with E-state index in [0.717, 1.165) is 46.7 Å². The van der Waals surface area contributed by atoms with Gasteiger partial charge in [-0.25, -0.2) is 9.97 Å². The number of aryl methyl sites for hydroxylation is 3. The van der Waals surface area contributed by atoms with Crippen LogP contribution in [-0.2, 0) is 19.0 Å². The van der Waals surface area contributed by atoms with Crippen LogP contribution in [0, 0.1) is 6.92 Å². The normalized spacial score (nSPS) is 14.3. The van der Waals surface area contributed by atoms with Crippen molar-refractivity contribution in [2.75, 3.05) is 31.1 Å². The Morgan fingerprint density at radius 1 is 0.865 bits per heavy atom. The summed E-state index contributed by atoms with van der Waals surface area (Å²) in [5.74, 6) is 1.22. The molecule has 0 bridgehead atoms. The Labute approximate surface area is 213 Å². The van der Waals surface area contributed by atoms with Crippen LogP contribution >= 0.6 is 0 Å². The average molecular weight is 505 g/mol. The third kappa shape index (κ3) is 5.43. The number of aromatic nitrogens is 2. The predicted octanol–water partition coefficient (Wildman–Crippen LogP) is 5.70. The van der Waals surface area contributed by atoms with Gasteiger partial charge in [-0.1, -0.05) is 48.5 Å². The van der Waals surface area contributed by atoms with Crippen LogP contribution in [0.1, 0.15) is 32.9 Å². The van der Waals surface area contributed by atoms with Gasteiger partial charge in [0, 0.05) is 43.5 Å². The Bertz CT molecular complexity index is 1410. The third-order valence-electron chi connectivity index (χ3n) is 6.74. The van der Waals surface area contributed by atoms with Gasteiger partial charge in [0.2, 0.25) is 0 Å². The highest BCUT2D eigenvalue weighted by molar-refractivity contribution is 5.95. The molecule has 4 aromatic rings. The van der Waals surface area contributed by atoms with Gasteiger partial charge < -0.3 is 9.80 Å². The van der Waals surface area contributed by atoms with Crippen LogP contribution < -0.4 is 4.90 Å². The fourth-order valence-electron chi connectivity index (χ4n) is 4.75. The van der Waals surface area contributed by atoms with Gasteiger partial charge in [0.1, 0.15) is 11.6 Å². The zero-order valence-electron chi connectivity index (χ0n) is 20.5. The van der Waals surface area contributed by atoms with Gasteiger partial charge in [-0.2, -0.15) is 13.2 Å². The highest BCUT2D eigenvalue weighted by atomic mass is 19.4. The molecular weight excluding hydrogens is 477 g/mol. The first kappa shape index (κ1) is 24.7. The number of nitrogens with zero attached hydrogens (tertiary/aromatic N) is 4. The second-order valence-corrected chi connectivity index (χ2v) is 9.28. The maximum Gasteiger partial charge on any atom is 0.416 e. The molecule has 0 atom stereocenters. The number of piperazine rings is 1. The highest BCUT2D eigenvalue weighted by Gasteiger charge is 2.32. The van der Waals surface area contributed by atoms with Crippen molar-refractivity contribution in [3.05, 3.63) is 101 Å². The van der Waals surface area contributed by atoms with E-state index < -0.39 is 17.6 Å². The summed E-state index contributed by atoms with van der Waals surface area (Å²) in [5, 5.41) is 0.989. The Morgan fingerprint density at radius 2 is 1.59 bits per heavy atom. The number of halogens is 3. The van der Waals surface area contributed by atoms with Crippen molar-refractivity contribution < 1.29 is 18.0 Å². The van der Waals surface area contributed by atoms with Gasteiger partial charge in [0.05, 0.1) is 11.1 Å². The number of rotatable bonds is 5. The van der Waals surface area contributed by atoms with Crippen LogP contribution in [0.3, 0.4) is 0 Å². The van der Waals surface area contributed by atoms with Gasteiger partial charge in [-0.05, 0) is 48.7 Å². The molecule has 0 saturated carbocycles. The molecule has 1 fully saturated rings. The van der Waals surface area contributed by atoms with E-state index in [1.54, 1.807) is 4.90 Å². The average Bonchev–Trinajstić information content (AvgIpc) is 2.91. The Hall–Kier alpha value is -3.94. The molecule has 0 spiro atoms. The summed E-state index contributed by atoms with van der Waals surface area (Å²) in [6, 6.07) is 20.8. The number of carbonyl (C=O) groups is 1. The fraction of sp³-hybridized carbons (Fsp3) is 0.276. The number of alkyl halides is 3. The van der Waals surface area contributed by atoms with E-state index in [1.807, 2.05) is 43.3 Å². The van der Waals surface area contributed by atoms with E-state index in [4.69, 9.17) is 9.97 Å². The Morgan fingerprint density at radius 3 is 2.32 bits per heavy atom. The molecule has 0 unspecified atom stereocenters. The zero-order valence-corrected chi connectivity index (χ0v) is 20.5. The van der Waals surface area contributed by atoms with Crippen LogP contribution in [-0.4, -0.2) is 47.0 Å². The number of benzene rings is 3. The van der Waals surface area contributed by atoms with Crippen LogP contribution in [0.25, 0.3) is 10.9 Å². The number of hydrogen-bond acceptors (Lipinski definition) is 4. The molecule has 5 nitrogen and oxygen atoms in total. The minimum atomic E-state index is -4.49. The van der Waals surface area contributed by atoms with Gasteiger partial charge in [-0.15, -0.1) is 0 Å². The molecule has 1 amide bonds. The summed E-state index contributed by atoms with van der Waals surface area (Å²) in [5.41, 5.74) is 2.41. The number of hydrogen-bond donors (Lipinski definition) is 0. The van der Waals surface area contributed by atoms with Gasteiger partial charge in [0.15, 0.2) is 0 Å². The van der Waals surface area contributed by atoms with Crippen molar-refractivity contribution in [1.82, 2.24) is 14.9 Å². The number of fused-ring (bicyclic) bond motifs is 1. The molecule has 1 saturated heterocycles. The minimum absolute atomic E-state index is 0.0507. The number of carbonyl (C=O) groups excluding carboxylic acids is 1. The molecule has 190 valence electrons. The second kappa shape index (κ2) is 10.2. The molecule has 8 heteroatoms. The standard InChI is InChI=1S/C29H27F3N4O/c1-20-7-5-12-24-26(20)27(34-25(33-24)14-13-21-8-3-2-4-9-21)35-15-17-36(18-16-35)28(37)22-10-6-11-23(19-22)29(30,31)32/h2-12,19H,13-18H2,1H3. The smallest absolute Gasteiger partial charge is 0.352 e. The van der Waals surface area contributed by atoms with Gasteiger partial charge >= 0.3 is 6.18 Å². The first-order valence-corrected chi connectivity index (χ1v) is 12.3. The van der Waals surface area contributed by atoms with E-state index in [0.29, 0.717) is 32.6 Å². The Kier molecular flexibility index (Phi) is 6.82. The monoisotopic (exact) mass is 504 g/mol. The summed E-state index contributed by atoms with van der Waals surface area (Å²) in [6.07, 6.45) is -2.95. The summed E-state index contributed by atoms with van der Waals surface area (Å²) in [7, 11) is 0. The van der Waals surface area contributed by atoms with E-state index in [-0.39, 0.29) is 5.56 Å². The van der Waals surface area contributed by atoms with Crippen LogP contribution in [0.5, 0.6) is 0 Å². The molecular formula is C29H27F3N4O. The van der Waals surface area contributed by atoms with Crippen LogP contribution in [0.15, 0.2) is 72.8 Å². The summed E-state index contributed by atoms with van der Waals surface area (Å²) in [6.45, 7) is 3.89. The molecule has 37 heavy (non-hydrogen) atoms. The molecule has 1 aliphatic rings. The fourth-order valence-corrected chi connectivity index (χ4v) is 4.75. The van der Waals surface area contributed by atoms with Crippen molar-refractivity contribution in [1.29, 1.82) is 0 Å². The number of amides is 1. The van der Waals surface area contributed by atoms with E-state index in [1.165, 1.54) is 17.7 Å².